The normalized spacial score (nSPS) is 15.2. The topological polar surface area (TPSA) is 37.6 Å². The highest BCUT2D eigenvalue weighted by Gasteiger charge is 2.25. The Balaban J connectivity index is 1.61. The minimum atomic E-state index is 0.546. The first-order valence-corrected chi connectivity index (χ1v) is 7.71. The van der Waals surface area contributed by atoms with Crippen LogP contribution in [0.15, 0.2) is 28.7 Å². The van der Waals surface area contributed by atoms with Gasteiger partial charge in [0.25, 0.3) is 0 Å². The van der Waals surface area contributed by atoms with Crippen LogP contribution >= 0.6 is 0 Å². The standard InChI is InChI=1S/C17H24N2O2/c1-18-11-15-14-5-3-4-6-16(14)21-17(15)12-20-10-9-19(2)13-7-8-13/h3-6,13,18H,7-12H2,1-2H3. The lowest BCUT2D eigenvalue weighted by Crippen LogP contribution is -2.25. The van der Waals surface area contributed by atoms with Crippen LogP contribution in [0.2, 0.25) is 0 Å². The average Bonchev–Trinajstić information content (AvgIpc) is 3.29. The van der Waals surface area contributed by atoms with Crippen molar-refractivity contribution in [3.05, 3.63) is 35.6 Å². The number of ether oxygens (including phenoxy) is 1. The Hall–Kier alpha value is -1.36. The third kappa shape index (κ3) is 3.46. The number of rotatable bonds is 8. The van der Waals surface area contributed by atoms with E-state index in [0.717, 1.165) is 37.1 Å². The summed E-state index contributed by atoms with van der Waals surface area (Å²) in [6.07, 6.45) is 2.68. The van der Waals surface area contributed by atoms with E-state index in [1.165, 1.54) is 23.8 Å². The number of hydrogen-bond donors (Lipinski definition) is 1. The summed E-state index contributed by atoms with van der Waals surface area (Å²) in [5.41, 5.74) is 2.15. The van der Waals surface area contributed by atoms with Crippen molar-refractivity contribution >= 4 is 11.0 Å². The van der Waals surface area contributed by atoms with Gasteiger partial charge in [0.05, 0.1) is 6.61 Å². The van der Waals surface area contributed by atoms with Gasteiger partial charge in [0, 0.05) is 30.1 Å². The molecule has 1 fully saturated rings. The van der Waals surface area contributed by atoms with E-state index in [-0.39, 0.29) is 0 Å². The van der Waals surface area contributed by atoms with Crippen LogP contribution in [0.3, 0.4) is 0 Å². The van der Waals surface area contributed by atoms with E-state index >= 15 is 0 Å². The van der Waals surface area contributed by atoms with E-state index in [1.807, 2.05) is 25.2 Å². The molecule has 1 aromatic heterocycles. The molecule has 0 aliphatic heterocycles. The molecule has 0 saturated heterocycles. The Bertz CT molecular complexity index is 589. The SMILES string of the molecule is CNCc1c(COCCN(C)C2CC2)oc2ccccc12. The van der Waals surface area contributed by atoms with E-state index in [0.29, 0.717) is 6.61 Å². The molecule has 2 aromatic rings. The molecule has 3 rings (SSSR count). The van der Waals surface area contributed by atoms with Gasteiger partial charge < -0.3 is 19.4 Å². The monoisotopic (exact) mass is 288 g/mol. The van der Waals surface area contributed by atoms with Crippen LogP contribution in [0.25, 0.3) is 11.0 Å². The second-order valence-corrected chi connectivity index (χ2v) is 5.79. The summed E-state index contributed by atoms with van der Waals surface area (Å²) in [4.78, 5) is 2.38. The molecule has 0 amide bonds. The van der Waals surface area contributed by atoms with Crippen LogP contribution in [-0.2, 0) is 17.9 Å². The molecule has 0 unspecified atom stereocenters. The number of nitrogens with zero attached hydrogens (tertiary/aromatic N) is 1. The van der Waals surface area contributed by atoms with Gasteiger partial charge in [-0.1, -0.05) is 18.2 Å². The fraction of sp³-hybridized carbons (Fsp3) is 0.529. The minimum Gasteiger partial charge on any atom is -0.458 e. The van der Waals surface area contributed by atoms with Gasteiger partial charge in [0.2, 0.25) is 0 Å². The predicted octanol–water partition coefficient (Wildman–Crippen LogP) is 2.76. The molecule has 0 bridgehead atoms. The van der Waals surface area contributed by atoms with Crippen LogP contribution < -0.4 is 5.32 Å². The molecular formula is C17H24N2O2. The highest BCUT2D eigenvalue weighted by atomic mass is 16.5. The Labute approximate surface area is 126 Å². The van der Waals surface area contributed by atoms with Crippen LogP contribution in [0.1, 0.15) is 24.2 Å². The molecule has 1 saturated carbocycles. The molecule has 1 aliphatic carbocycles. The third-order valence-electron chi connectivity index (χ3n) is 4.13. The summed E-state index contributed by atoms with van der Waals surface area (Å²) in [5.74, 6) is 0.944. The van der Waals surface area contributed by atoms with Crippen LogP contribution in [-0.4, -0.2) is 38.2 Å². The summed E-state index contributed by atoms with van der Waals surface area (Å²) in [5, 5.41) is 4.39. The molecule has 0 radical (unpaired) electrons. The fourth-order valence-electron chi connectivity index (χ4n) is 2.71. The van der Waals surface area contributed by atoms with Gasteiger partial charge in [-0.25, -0.2) is 0 Å². The lowest BCUT2D eigenvalue weighted by molar-refractivity contribution is 0.0865. The number of nitrogens with one attached hydrogen (secondary N) is 1. The largest absolute Gasteiger partial charge is 0.458 e. The number of likely N-dealkylation sites (N-methyl/N-ethyl adjacent to an activating group) is 1. The Morgan fingerprint density at radius 2 is 2.14 bits per heavy atom. The summed E-state index contributed by atoms with van der Waals surface area (Å²) in [7, 11) is 4.13. The molecule has 114 valence electrons. The van der Waals surface area contributed by atoms with E-state index < -0.39 is 0 Å². The third-order valence-corrected chi connectivity index (χ3v) is 4.13. The van der Waals surface area contributed by atoms with Gasteiger partial charge >= 0.3 is 0 Å². The Morgan fingerprint density at radius 3 is 2.90 bits per heavy atom. The zero-order valence-electron chi connectivity index (χ0n) is 12.9. The second kappa shape index (κ2) is 6.60. The maximum Gasteiger partial charge on any atom is 0.135 e. The van der Waals surface area contributed by atoms with Crippen molar-refractivity contribution in [2.45, 2.75) is 32.0 Å². The van der Waals surface area contributed by atoms with E-state index in [2.05, 4.69) is 23.3 Å². The van der Waals surface area contributed by atoms with Gasteiger partial charge in [-0.05, 0) is 33.0 Å². The highest BCUT2D eigenvalue weighted by molar-refractivity contribution is 5.82. The van der Waals surface area contributed by atoms with Crippen molar-refractivity contribution in [1.82, 2.24) is 10.2 Å². The number of fused-ring (bicyclic) bond motifs is 1. The molecular weight excluding hydrogens is 264 g/mol. The predicted molar refractivity (Wildman–Crippen MR) is 84.3 cm³/mol. The van der Waals surface area contributed by atoms with E-state index in [4.69, 9.17) is 9.15 Å². The molecule has 21 heavy (non-hydrogen) atoms. The molecule has 0 spiro atoms. The first-order chi connectivity index (χ1) is 10.3. The van der Waals surface area contributed by atoms with Crippen LogP contribution in [0.4, 0.5) is 0 Å². The summed E-state index contributed by atoms with van der Waals surface area (Å²) in [6, 6.07) is 8.96. The quantitative estimate of drug-likeness (QED) is 0.758. The smallest absolute Gasteiger partial charge is 0.135 e. The summed E-state index contributed by atoms with van der Waals surface area (Å²) in [6.45, 7) is 3.09. The first kappa shape index (κ1) is 14.6. The Kier molecular flexibility index (Phi) is 4.58. The highest BCUT2D eigenvalue weighted by Crippen LogP contribution is 2.27. The minimum absolute atomic E-state index is 0.546. The first-order valence-electron chi connectivity index (χ1n) is 7.71. The van der Waals surface area contributed by atoms with Crippen LogP contribution in [0, 0.1) is 0 Å². The average molecular weight is 288 g/mol. The Morgan fingerprint density at radius 1 is 1.33 bits per heavy atom. The number of para-hydroxylation sites is 1. The summed E-state index contributed by atoms with van der Waals surface area (Å²) < 4.78 is 11.8. The van der Waals surface area contributed by atoms with Crippen molar-refractivity contribution in [2.24, 2.45) is 0 Å². The van der Waals surface area contributed by atoms with E-state index in [9.17, 15) is 0 Å². The summed E-state index contributed by atoms with van der Waals surface area (Å²) >= 11 is 0. The second-order valence-electron chi connectivity index (χ2n) is 5.79. The van der Waals surface area contributed by atoms with Gasteiger partial charge in [-0.3, -0.25) is 0 Å². The molecule has 1 aromatic carbocycles. The maximum atomic E-state index is 5.94. The number of benzene rings is 1. The molecule has 1 aliphatic rings. The lowest BCUT2D eigenvalue weighted by Gasteiger charge is -2.15. The molecule has 1 heterocycles. The zero-order chi connectivity index (χ0) is 14.7. The molecule has 1 N–H and O–H groups in total. The van der Waals surface area contributed by atoms with E-state index in [1.54, 1.807) is 0 Å². The van der Waals surface area contributed by atoms with Crippen molar-refractivity contribution in [2.75, 3.05) is 27.2 Å². The molecule has 0 atom stereocenters. The van der Waals surface area contributed by atoms with Crippen molar-refractivity contribution in [3.63, 3.8) is 0 Å². The lowest BCUT2D eigenvalue weighted by atomic mass is 10.1. The van der Waals surface area contributed by atoms with Gasteiger partial charge in [0.1, 0.15) is 18.0 Å². The van der Waals surface area contributed by atoms with Crippen LogP contribution in [0.5, 0.6) is 0 Å². The van der Waals surface area contributed by atoms with Crippen molar-refractivity contribution in [3.8, 4) is 0 Å². The number of furan rings is 1. The fourth-order valence-corrected chi connectivity index (χ4v) is 2.71. The zero-order valence-corrected chi connectivity index (χ0v) is 12.9. The molecule has 4 nitrogen and oxygen atoms in total. The maximum absolute atomic E-state index is 5.94. The number of hydrogen-bond acceptors (Lipinski definition) is 4. The van der Waals surface area contributed by atoms with Gasteiger partial charge in [0.15, 0.2) is 0 Å². The van der Waals surface area contributed by atoms with Crippen molar-refractivity contribution in [1.29, 1.82) is 0 Å². The van der Waals surface area contributed by atoms with Crippen molar-refractivity contribution < 1.29 is 9.15 Å². The molecule has 4 heteroatoms. The van der Waals surface area contributed by atoms with Gasteiger partial charge in [-0.15, -0.1) is 0 Å². The van der Waals surface area contributed by atoms with Gasteiger partial charge in [-0.2, -0.15) is 0 Å².